The van der Waals surface area contributed by atoms with Gasteiger partial charge in [0.05, 0.1) is 0 Å². The predicted octanol–water partition coefficient (Wildman–Crippen LogP) is 3.46. The van der Waals surface area contributed by atoms with E-state index in [-0.39, 0.29) is 23.3 Å². The van der Waals surface area contributed by atoms with Crippen molar-refractivity contribution in [2.45, 2.75) is 59.5 Å². The fraction of sp³-hybridized carbons (Fsp3) is 0.545. The molecular formula is C22H31N5O2S. The van der Waals surface area contributed by atoms with Crippen molar-refractivity contribution in [3.63, 3.8) is 0 Å². The number of nitrogens with one attached hydrogen (secondary N) is 2. The average Bonchev–Trinajstić information content (AvgIpc) is 3.07. The molecule has 8 heteroatoms. The van der Waals surface area contributed by atoms with E-state index >= 15 is 0 Å². The zero-order valence-corrected chi connectivity index (χ0v) is 19.0. The molecule has 0 radical (unpaired) electrons. The van der Waals surface area contributed by atoms with Crippen molar-refractivity contribution in [2.75, 3.05) is 13.1 Å². The summed E-state index contributed by atoms with van der Waals surface area (Å²) in [6, 6.07) is 8.17. The van der Waals surface area contributed by atoms with E-state index in [1.807, 2.05) is 61.4 Å². The van der Waals surface area contributed by atoms with Gasteiger partial charge in [-0.2, -0.15) is 5.10 Å². The fourth-order valence-corrected chi connectivity index (χ4v) is 3.89. The molecule has 0 spiro atoms. The van der Waals surface area contributed by atoms with E-state index in [2.05, 4.69) is 15.5 Å². The van der Waals surface area contributed by atoms with Gasteiger partial charge in [-0.05, 0) is 32.0 Å². The van der Waals surface area contributed by atoms with E-state index < -0.39 is 0 Å². The lowest BCUT2D eigenvalue weighted by Gasteiger charge is -2.36. The molecule has 1 aromatic heterocycles. The van der Waals surface area contributed by atoms with Crippen LogP contribution < -0.4 is 5.32 Å². The second-order valence-corrected chi connectivity index (χ2v) is 9.39. The van der Waals surface area contributed by atoms with Gasteiger partial charge >= 0.3 is 0 Å². The van der Waals surface area contributed by atoms with Gasteiger partial charge in [0.25, 0.3) is 0 Å². The lowest BCUT2D eigenvalue weighted by Crippen LogP contribution is -2.49. The molecule has 162 valence electrons. The van der Waals surface area contributed by atoms with Crippen molar-refractivity contribution in [3.05, 3.63) is 34.6 Å². The first kappa shape index (κ1) is 22.2. The van der Waals surface area contributed by atoms with Gasteiger partial charge in [-0.1, -0.05) is 50.6 Å². The van der Waals surface area contributed by atoms with Crippen molar-refractivity contribution in [2.24, 2.45) is 5.41 Å². The van der Waals surface area contributed by atoms with Crippen LogP contribution >= 0.6 is 12.2 Å². The van der Waals surface area contributed by atoms with Crippen molar-refractivity contribution < 1.29 is 9.59 Å². The van der Waals surface area contributed by atoms with E-state index in [4.69, 9.17) is 12.2 Å². The molecule has 3 rings (SSSR count). The topological polar surface area (TPSA) is 83.0 Å². The lowest BCUT2D eigenvalue weighted by atomic mass is 9.93. The molecule has 0 atom stereocenters. The Morgan fingerprint density at radius 1 is 1.20 bits per heavy atom. The highest BCUT2D eigenvalue weighted by Crippen LogP contribution is 2.21. The van der Waals surface area contributed by atoms with Crippen LogP contribution in [-0.2, 0) is 16.1 Å². The van der Waals surface area contributed by atoms with Crippen LogP contribution in [0.4, 0.5) is 0 Å². The second-order valence-electron chi connectivity index (χ2n) is 9.00. The third-order valence-electron chi connectivity index (χ3n) is 5.42. The summed E-state index contributed by atoms with van der Waals surface area (Å²) in [6.07, 6.45) is 1.90. The van der Waals surface area contributed by atoms with Crippen LogP contribution in [0.1, 0.15) is 45.6 Å². The van der Waals surface area contributed by atoms with Crippen LogP contribution in [0.3, 0.4) is 0 Å². The average molecular weight is 430 g/mol. The van der Waals surface area contributed by atoms with Crippen LogP contribution in [0.15, 0.2) is 24.3 Å². The molecule has 2 amide bonds. The number of H-pyrrole nitrogens is 1. The highest BCUT2D eigenvalue weighted by molar-refractivity contribution is 7.71. The normalized spacial score (nSPS) is 15.3. The zero-order valence-electron chi connectivity index (χ0n) is 18.2. The number of hydrogen-bond donors (Lipinski definition) is 2. The molecule has 2 N–H and O–H groups in total. The third-order valence-corrected chi connectivity index (χ3v) is 5.73. The maximum Gasteiger partial charge on any atom is 0.227 e. The Morgan fingerprint density at radius 3 is 2.43 bits per heavy atom. The summed E-state index contributed by atoms with van der Waals surface area (Å²) in [5.41, 5.74) is 1.77. The molecule has 7 nitrogen and oxygen atoms in total. The quantitative estimate of drug-likeness (QED) is 0.713. The summed E-state index contributed by atoms with van der Waals surface area (Å²) in [5, 5.41) is 10.3. The van der Waals surface area contributed by atoms with Gasteiger partial charge in [0, 0.05) is 43.1 Å². The van der Waals surface area contributed by atoms with Crippen molar-refractivity contribution >= 4 is 24.0 Å². The maximum atomic E-state index is 12.5. The molecule has 0 unspecified atom stereocenters. The van der Waals surface area contributed by atoms with Crippen LogP contribution in [-0.4, -0.2) is 50.6 Å². The first-order chi connectivity index (χ1) is 14.1. The molecule has 2 heterocycles. The van der Waals surface area contributed by atoms with Gasteiger partial charge in [0.15, 0.2) is 10.6 Å². The molecule has 0 bridgehead atoms. The number of piperidine rings is 1. The number of aromatic nitrogens is 3. The first-order valence-corrected chi connectivity index (χ1v) is 10.9. The molecule has 1 saturated heterocycles. The van der Waals surface area contributed by atoms with Gasteiger partial charge < -0.3 is 10.2 Å². The highest BCUT2D eigenvalue weighted by Gasteiger charge is 2.30. The SMILES string of the molecule is Cc1ccc(-c2n[nH]c(=S)n2CCC(=O)NC2CCN(C(=O)C(C)(C)C)CC2)cc1. The number of carbonyl (C=O) groups excluding carboxylic acids is 2. The number of aryl methyl sites for hydroxylation is 1. The minimum absolute atomic E-state index is 0.00597. The molecule has 30 heavy (non-hydrogen) atoms. The van der Waals surface area contributed by atoms with Gasteiger partial charge in [-0.25, -0.2) is 0 Å². The largest absolute Gasteiger partial charge is 0.353 e. The number of carbonyl (C=O) groups is 2. The van der Waals surface area contributed by atoms with Crippen molar-refractivity contribution in [3.8, 4) is 11.4 Å². The Hall–Kier alpha value is -2.48. The number of hydrogen-bond acceptors (Lipinski definition) is 4. The zero-order chi connectivity index (χ0) is 21.9. The minimum atomic E-state index is -0.366. The Morgan fingerprint density at radius 2 is 1.83 bits per heavy atom. The predicted molar refractivity (Wildman–Crippen MR) is 119 cm³/mol. The molecule has 1 aliphatic rings. The summed E-state index contributed by atoms with van der Waals surface area (Å²) < 4.78 is 2.37. The van der Waals surface area contributed by atoms with Crippen molar-refractivity contribution in [1.82, 2.24) is 25.0 Å². The molecule has 0 aliphatic carbocycles. The lowest BCUT2D eigenvalue weighted by molar-refractivity contribution is -0.140. The Bertz CT molecular complexity index is 947. The maximum absolute atomic E-state index is 12.5. The summed E-state index contributed by atoms with van der Waals surface area (Å²) in [6.45, 7) is 9.69. The molecule has 1 fully saturated rings. The molecule has 1 aliphatic heterocycles. The highest BCUT2D eigenvalue weighted by atomic mass is 32.1. The summed E-state index contributed by atoms with van der Waals surface area (Å²) in [7, 11) is 0. The standard InChI is InChI=1S/C22H31N5O2S/c1-15-5-7-16(8-6-15)19-24-25-21(30)27(19)14-11-18(28)23-17-9-12-26(13-10-17)20(29)22(2,3)4/h5-8,17H,9-14H2,1-4H3,(H,23,28)(H,25,30). The van der Waals surface area contributed by atoms with Gasteiger partial charge in [0.1, 0.15) is 0 Å². The molecular weight excluding hydrogens is 398 g/mol. The third kappa shape index (κ3) is 5.36. The molecule has 0 saturated carbocycles. The van der Waals surface area contributed by atoms with E-state index in [0.717, 1.165) is 24.2 Å². The number of rotatable bonds is 5. The fourth-order valence-electron chi connectivity index (χ4n) is 3.66. The smallest absolute Gasteiger partial charge is 0.227 e. The van der Waals surface area contributed by atoms with Gasteiger partial charge in [-0.15, -0.1) is 0 Å². The Kier molecular flexibility index (Phi) is 6.75. The second kappa shape index (κ2) is 9.12. The van der Waals surface area contributed by atoms with E-state index in [0.29, 0.717) is 30.8 Å². The van der Waals surface area contributed by atoms with Crippen LogP contribution in [0.2, 0.25) is 0 Å². The Labute approximate surface area is 182 Å². The van der Waals surface area contributed by atoms with E-state index in [1.54, 1.807) is 0 Å². The van der Waals surface area contributed by atoms with E-state index in [1.165, 1.54) is 5.56 Å². The minimum Gasteiger partial charge on any atom is -0.353 e. The summed E-state index contributed by atoms with van der Waals surface area (Å²) >= 11 is 5.36. The molecule has 1 aromatic carbocycles. The number of benzene rings is 1. The summed E-state index contributed by atoms with van der Waals surface area (Å²) in [5.74, 6) is 0.903. The number of aromatic amines is 1. The summed E-state index contributed by atoms with van der Waals surface area (Å²) in [4.78, 5) is 26.8. The Balaban J connectivity index is 1.53. The van der Waals surface area contributed by atoms with Crippen LogP contribution in [0.25, 0.3) is 11.4 Å². The van der Waals surface area contributed by atoms with Crippen LogP contribution in [0.5, 0.6) is 0 Å². The first-order valence-electron chi connectivity index (χ1n) is 10.5. The van der Waals surface area contributed by atoms with Crippen molar-refractivity contribution in [1.29, 1.82) is 0 Å². The number of likely N-dealkylation sites (tertiary alicyclic amines) is 1. The van der Waals surface area contributed by atoms with Gasteiger partial charge in [0.2, 0.25) is 11.8 Å². The van der Waals surface area contributed by atoms with Gasteiger partial charge in [-0.3, -0.25) is 19.3 Å². The number of nitrogens with zero attached hydrogens (tertiary/aromatic N) is 3. The number of amides is 2. The van der Waals surface area contributed by atoms with Crippen LogP contribution in [0, 0.1) is 17.1 Å². The van der Waals surface area contributed by atoms with E-state index in [9.17, 15) is 9.59 Å². The monoisotopic (exact) mass is 429 g/mol. The molecule has 2 aromatic rings.